The first-order chi connectivity index (χ1) is 41.6. The van der Waals surface area contributed by atoms with E-state index in [9.17, 15) is 45.6 Å². The number of carbonyl (C=O) groups excluding carboxylic acids is 1. The van der Waals surface area contributed by atoms with Crippen molar-refractivity contribution in [1.29, 1.82) is 0 Å². The van der Waals surface area contributed by atoms with Crippen LogP contribution in [0.25, 0.3) is 0 Å². The number of hydrogen-bond acceptors (Lipinski definition) is 13. The predicted octanol–water partition coefficient (Wildman–Crippen LogP) is 14.5. The zero-order valence-electron chi connectivity index (χ0n) is 54.4. The second kappa shape index (κ2) is 56.2. The molecule has 2 rings (SSSR count). The van der Waals surface area contributed by atoms with Crippen LogP contribution in [0, 0.1) is 0 Å². The van der Waals surface area contributed by atoms with Gasteiger partial charge in [0.05, 0.1) is 32.0 Å². The minimum absolute atomic E-state index is 0.201. The molecule has 0 aliphatic carbocycles. The van der Waals surface area contributed by atoms with Crippen molar-refractivity contribution in [3.8, 4) is 0 Å². The van der Waals surface area contributed by atoms with Crippen molar-refractivity contribution in [1.82, 2.24) is 5.32 Å². The first-order valence-corrected chi connectivity index (χ1v) is 35.7. The predicted molar refractivity (Wildman–Crippen MR) is 346 cm³/mol. The number of nitrogens with one attached hydrogen (secondary N) is 1. The third-order valence-corrected chi connectivity index (χ3v) is 17.6. The number of carbonyl (C=O) groups is 1. The van der Waals surface area contributed by atoms with Gasteiger partial charge in [-0.3, -0.25) is 4.79 Å². The molecule has 0 spiro atoms. The molecule has 9 N–H and O–H groups in total. The summed E-state index contributed by atoms with van der Waals surface area (Å²) in [5.74, 6) is -0.201. The molecular weight excluding hydrogens is 1070 g/mol. The highest BCUT2D eigenvalue weighted by Gasteiger charge is 2.51. The van der Waals surface area contributed by atoms with E-state index in [1.165, 1.54) is 225 Å². The molecule has 0 saturated carbocycles. The molecule has 500 valence electrons. The van der Waals surface area contributed by atoms with E-state index in [0.717, 1.165) is 64.2 Å². The second-order valence-corrected chi connectivity index (χ2v) is 25.4. The molecule has 0 radical (unpaired) electrons. The van der Waals surface area contributed by atoms with Gasteiger partial charge >= 0.3 is 0 Å². The Kier molecular flexibility index (Phi) is 52.4. The fraction of sp³-hybridized carbons (Fsp3) is 0.901. The highest BCUT2D eigenvalue weighted by Crippen LogP contribution is 2.30. The van der Waals surface area contributed by atoms with Gasteiger partial charge in [-0.2, -0.15) is 0 Å². The summed E-state index contributed by atoms with van der Waals surface area (Å²) in [5.41, 5.74) is 0. The summed E-state index contributed by atoms with van der Waals surface area (Å²) in [5, 5.41) is 87.4. The van der Waals surface area contributed by atoms with E-state index < -0.39 is 86.8 Å². The lowest BCUT2D eigenvalue weighted by Gasteiger charge is -2.46. The number of aliphatic hydroxyl groups excluding tert-OH is 8. The maximum absolute atomic E-state index is 13.3. The van der Waals surface area contributed by atoms with Crippen molar-refractivity contribution in [2.75, 3.05) is 19.8 Å². The summed E-state index contributed by atoms with van der Waals surface area (Å²) >= 11 is 0. The average Bonchev–Trinajstić information content (AvgIpc) is 3.65. The molecule has 1 amide bonds. The highest BCUT2D eigenvalue weighted by atomic mass is 16.7. The largest absolute Gasteiger partial charge is 0.394 e. The molecule has 0 aromatic heterocycles. The quantitative estimate of drug-likeness (QED) is 0.0204. The number of ether oxygens (including phenoxy) is 4. The van der Waals surface area contributed by atoms with Crippen LogP contribution in [0.15, 0.2) is 36.5 Å². The van der Waals surface area contributed by atoms with Crippen molar-refractivity contribution in [3.63, 3.8) is 0 Å². The molecule has 0 aromatic rings. The third kappa shape index (κ3) is 40.5. The van der Waals surface area contributed by atoms with Crippen LogP contribution >= 0.6 is 0 Å². The zero-order valence-corrected chi connectivity index (χ0v) is 54.4. The Balaban J connectivity index is 1.57. The summed E-state index contributed by atoms with van der Waals surface area (Å²) in [4.78, 5) is 13.3. The standard InChI is InChI=1S/C71H133NO13/c1-3-5-7-9-11-13-15-17-19-20-21-22-23-24-25-26-27-28-29-30-31-32-33-34-35-36-37-38-39-40-41-43-45-47-49-51-53-55-63(76)72-59(60(75)54-52-50-48-46-44-42-18-16-14-12-10-8-6-4-2)58-82-70-68(81)66(79)69(62(57-74)84-70)85-71-67(80)65(78)64(77)61(56-73)83-71/h15,17,20-21,23-24,59-62,64-71,73-75,77-81H,3-14,16,18-19,22,25-58H2,1-2H3,(H,72,76)/b17-15-,21-20-,24-23-. The van der Waals surface area contributed by atoms with Crippen LogP contribution in [-0.4, -0.2) is 140 Å². The molecule has 2 aliphatic heterocycles. The van der Waals surface area contributed by atoms with E-state index in [1.807, 2.05) is 0 Å². The highest BCUT2D eigenvalue weighted by molar-refractivity contribution is 5.76. The van der Waals surface area contributed by atoms with Gasteiger partial charge in [-0.1, -0.05) is 294 Å². The van der Waals surface area contributed by atoms with Crippen LogP contribution in [0.3, 0.4) is 0 Å². The van der Waals surface area contributed by atoms with Crippen molar-refractivity contribution in [3.05, 3.63) is 36.5 Å². The molecule has 14 heteroatoms. The fourth-order valence-corrected chi connectivity index (χ4v) is 11.9. The van der Waals surface area contributed by atoms with Crippen LogP contribution in [0.2, 0.25) is 0 Å². The Bertz CT molecular complexity index is 1560. The van der Waals surface area contributed by atoms with Crippen molar-refractivity contribution < 1.29 is 64.6 Å². The molecule has 2 saturated heterocycles. The molecule has 2 fully saturated rings. The Labute approximate surface area is 519 Å². The van der Waals surface area contributed by atoms with E-state index in [4.69, 9.17) is 18.9 Å². The van der Waals surface area contributed by atoms with Gasteiger partial charge in [-0.05, 0) is 51.4 Å². The monoisotopic (exact) mass is 1210 g/mol. The Morgan fingerprint density at radius 2 is 0.776 bits per heavy atom. The topological polar surface area (TPSA) is 228 Å². The van der Waals surface area contributed by atoms with E-state index >= 15 is 0 Å². The van der Waals surface area contributed by atoms with Crippen LogP contribution in [-0.2, 0) is 23.7 Å². The van der Waals surface area contributed by atoms with Gasteiger partial charge < -0.3 is 65.1 Å². The molecule has 0 bridgehead atoms. The van der Waals surface area contributed by atoms with Crippen molar-refractivity contribution in [2.45, 2.75) is 389 Å². The molecule has 2 heterocycles. The van der Waals surface area contributed by atoms with Gasteiger partial charge in [-0.15, -0.1) is 0 Å². The number of unbranched alkanes of at least 4 members (excludes halogenated alkanes) is 40. The van der Waals surface area contributed by atoms with Gasteiger partial charge in [0.25, 0.3) is 0 Å². The lowest BCUT2D eigenvalue weighted by atomic mass is 9.97. The lowest BCUT2D eigenvalue weighted by Crippen LogP contribution is -2.65. The molecule has 0 aromatic carbocycles. The van der Waals surface area contributed by atoms with Gasteiger partial charge in [0.15, 0.2) is 12.6 Å². The first-order valence-electron chi connectivity index (χ1n) is 35.7. The molecule has 85 heavy (non-hydrogen) atoms. The van der Waals surface area contributed by atoms with Gasteiger partial charge in [0.1, 0.15) is 48.8 Å². The molecule has 2 aliphatic rings. The lowest BCUT2D eigenvalue weighted by molar-refractivity contribution is -0.359. The maximum Gasteiger partial charge on any atom is 0.220 e. The summed E-state index contributed by atoms with van der Waals surface area (Å²) in [7, 11) is 0. The number of aliphatic hydroxyl groups is 8. The summed E-state index contributed by atoms with van der Waals surface area (Å²) in [6, 6.07) is -0.826. The second-order valence-electron chi connectivity index (χ2n) is 25.4. The van der Waals surface area contributed by atoms with Gasteiger partial charge in [0.2, 0.25) is 5.91 Å². The molecule has 12 unspecified atom stereocenters. The van der Waals surface area contributed by atoms with E-state index in [0.29, 0.717) is 12.8 Å². The summed E-state index contributed by atoms with van der Waals surface area (Å²) < 4.78 is 22.9. The number of hydrogen-bond donors (Lipinski definition) is 9. The fourth-order valence-electron chi connectivity index (χ4n) is 11.9. The average molecular weight is 1210 g/mol. The van der Waals surface area contributed by atoms with Crippen LogP contribution in [0.5, 0.6) is 0 Å². The summed E-state index contributed by atoms with van der Waals surface area (Å²) in [6.07, 6.45) is 54.7. The smallest absolute Gasteiger partial charge is 0.220 e. The zero-order chi connectivity index (χ0) is 61.6. The van der Waals surface area contributed by atoms with Crippen LogP contribution < -0.4 is 5.32 Å². The first kappa shape index (κ1) is 79.3. The van der Waals surface area contributed by atoms with Crippen molar-refractivity contribution >= 4 is 5.91 Å². The Morgan fingerprint density at radius 3 is 1.19 bits per heavy atom. The Morgan fingerprint density at radius 1 is 0.424 bits per heavy atom. The molecular formula is C71H133NO13. The number of allylic oxidation sites excluding steroid dienone is 6. The molecule has 14 nitrogen and oxygen atoms in total. The van der Waals surface area contributed by atoms with E-state index in [-0.39, 0.29) is 12.5 Å². The van der Waals surface area contributed by atoms with Crippen LogP contribution in [0.4, 0.5) is 0 Å². The van der Waals surface area contributed by atoms with E-state index in [2.05, 4.69) is 55.6 Å². The summed E-state index contributed by atoms with van der Waals surface area (Å²) in [6.45, 7) is 2.88. The molecule has 12 atom stereocenters. The third-order valence-electron chi connectivity index (χ3n) is 17.6. The van der Waals surface area contributed by atoms with Gasteiger partial charge in [-0.25, -0.2) is 0 Å². The number of amides is 1. The van der Waals surface area contributed by atoms with Crippen molar-refractivity contribution in [2.24, 2.45) is 0 Å². The van der Waals surface area contributed by atoms with E-state index in [1.54, 1.807) is 0 Å². The SMILES string of the molecule is CCCCCCC/C=C\C/C=C\C/C=C\CCCCCCCCCCCCCCCCCCCCCCCCC(=O)NC(COC1OC(CO)C(OC2OC(CO)C(O)C(O)C2O)C(O)C1O)C(O)CCCCCCCCCCCCCCCC. The van der Waals surface area contributed by atoms with Gasteiger partial charge in [0, 0.05) is 6.42 Å². The Hall–Kier alpha value is -1.79. The minimum atomic E-state index is -1.78. The normalized spacial score (nSPS) is 23.7. The van der Waals surface area contributed by atoms with Crippen LogP contribution in [0.1, 0.15) is 316 Å². The minimum Gasteiger partial charge on any atom is -0.394 e. The number of rotatable bonds is 59. The maximum atomic E-state index is 13.3.